The third kappa shape index (κ3) is 13.3. The number of halogens is 2. The van der Waals surface area contributed by atoms with Gasteiger partial charge in [0.25, 0.3) is 17.6 Å². The molecule has 20 nitrogen and oxygen atoms in total. The Labute approximate surface area is 499 Å². The van der Waals surface area contributed by atoms with Gasteiger partial charge in [-0.15, -0.1) is 0 Å². The Morgan fingerprint density at radius 3 is 2.26 bits per heavy atom. The van der Waals surface area contributed by atoms with Crippen LogP contribution in [0.15, 0.2) is 114 Å². The van der Waals surface area contributed by atoms with Crippen LogP contribution in [0, 0.1) is 42.2 Å². The number of phenolic OH excluding ortho intramolecular Hbond substituents is 3. The molecule has 86 heavy (non-hydrogen) atoms. The van der Waals surface area contributed by atoms with Crippen molar-refractivity contribution in [3.05, 3.63) is 148 Å². The van der Waals surface area contributed by atoms with E-state index in [1.165, 1.54) is 89.4 Å². The lowest BCUT2D eigenvalue weighted by molar-refractivity contribution is -0.160. The summed E-state index contributed by atoms with van der Waals surface area (Å²) in [4.78, 5) is 71.0. The number of carbonyl (C=O) groups is 5. The molecule has 0 aromatic heterocycles. The van der Waals surface area contributed by atoms with Crippen molar-refractivity contribution in [2.75, 3.05) is 48.8 Å². The summed E-state index contributed by atoms with van der Waals surface area (Å²) in [6, 6.07) is 14.2. The molecule has 8 N–H and O–H groups in total. The van der Waals surface area contributed by atoms with E-state index in [4.69, 9.17) is 21.7 Å². The number of phenols is 3. The van der Waals surface area contributed by atoms with Crippen LogP contribution >= 0.6 is 0 Å². The number of aliphatic hydroxyl groups is 2. The van der Waals surface area contributed by atoms with Crippen LogP contribution in [0.4, 0.5) is 25.8 Å². The van der Waals surface area contributed by atoms with Gasteiger partial charge in [-0.25, -0.2) is 8.78 Å². The molecule has 0 aliphatic carbocycles. The van der Waals surface area contributed by atoms with Crippen LogP contribution < -0.4 is 25.6 Å². The highest BCUT2D eigenvalue weighted by Gasteiger charge is 2.50. The van der Waals surface area contributed by atoms with Crippen molar-refractivity contribution in [2.24, 2.45) is 28.8 Å². The summed E-state index contributed by atoms with van der Waals surface area (Å²) in [5, 5.41) is 72.8. The molecule has 456 valence electrons. The number of fused-ring (bicyclic) bond motifs is 14. The fourth-order valence-electron chi connectivity index (χ4n) is 10.9. The van der Waals surface area contributed by atoms with Gasteiger partial charge in [-0.05, 0) is 55.8 Å². The van der Waals surface area contributed by atoms with Gasteiger partial charge in [0.2, 0.25) is 5.91 Å². The number of piperazine rings is 1. The van der Waals surface area contributed by atoms with Gasteiger partial charge in [-0.3, -0.25) is 29.0 Å². The summed E-state index contributed by atoms with van der Waals surface area (Å²) in [6.07, 6.45) is 1.51. The Balaban J connectivity index is 1.13. The average Bonchev–Trinajstić information content (AvgIpc) is 1.49. The first kappa shape index (κ1) is 60.3. The van der Waals surface area contributed by atoms with Crippen molar-refractivity contribution < 1.29 is 80.0 Å². The fraction of sp³-hybridized carbons (Fsp3) is 0.375. The van der Waals surface area contributed by atoms with Crippen molar-refractivity contribution >= 4 is 63.5 Å². The van der Waals surface area contributed by atoms with E-state index < -0.39 is 141 Å². The molecule has 22 heteroatoms. The molecule has 4 heterocycles. The number of anilines is 3. The summed E-state index contributed by atoms with van der Waals surface area (Å²) < 4.78 is 71.9. The van der Waals surface area contributed by atoms with Crippen LogP contribution in [0.2, 0.25) is 0 Å². The molecule has 9 rings (SSSR count). The predicted molar refractivity (Wildman–Crippen MR) is 318 cm³/mol. The number of hydrazone groups is 1. The number of aliphatic hydroxyl groups excluding tert-OH is 2. The maximum absolute atomic E-state index is 15.1. The van der Waals surface area contributed by atoms with Crippen LogP contribution in [0.5, 0.6) is 23.0 Å². The second-order valence-corrected chi connectivity index (χ2v) is 21.9. The average molecular weight is 1190 g/mol. The van der Waals surface area contributed by atoms with Crippen LogP contribution in [-0.2, 0) is 35.0 Å². The number of ether oxygens (including phenoxy) is 4. The maximum Gasteiger partial charge on any atom is 0.312 e. The molecule has 10 atom stereocenters. The zero-order chi connectivity index (χ0) is 64.3. The first-order valence-corrected chi connectivity index (χ1v) is 27.9. The van der Waals surface area contributed by atoms with Gasteiger partial charge < -0.3 is 65.3 Å². The molecular formula is C64H72F2N6O14. The number of benzene rings is 5. The molecule has 0 spiro atoms. The highest BCUT2D eigenvalue weighted by Crippen LogP contribution is 2.55. The third-order valence-electron chi connectivity index (χ3n) is 15.9. The van der Waals surface area contributed by atoms with Gasteiger partial charge in [0.05, 0.1) is 83.0 Å². The van der Waals surface area contributed by atoms with E-state index in [-0.39, 0.29) is 70.8 Å². The summed E-state index contributed by atoms with van der Waals surface area (Å²) in [6.45, 7) is 12.6. The summed E-state index contributed by atoms with van der Waals surface area (Å²) in [7, 11) is 1.40. The maximum atomic E-state index is 15.1. The number of hydrogen-bond acceptors (Lipinski definition) is 17. The molecule has 5 aromatic carbocycles. The zero-order valence-electron chi connectivity index (χ0n) is 50.9. The molecule has 4 aliphatic rings. The molecule has 0 radical (unpaired) electrons. The number of nitrogens with zero attached hydrogens (tertiary/aromatic N) is 3. The number of Topliss-reactive ketones (excluding diaryl/α,β-unsaturated/α-hetero) is 1. The summed E-state index contributed by atoms with van der Waals surface area (Å²) >= 11 is 0. The lowest BCUT2D eigenvalue weighted by Gasteiger charge is -2.38. The van der Waals surface area contributed by atoms with Gasteiger partial charge in [0.15, 0.2) is 5.75 Å². The normalized spacial score (nSPS) is 26.1. The molecule has 1 fully saturated rings. The van der Waals surface area contributed by atoms with E-state index in [9.17, 15) is 53.9 Å². The molecule has 4 aliphatic heterocycles. The second-order valence-electron chi connectivity index (χ2n) is 21.9. The molecule has 0 saturated carbocycles. The molecule has 1 unspecified atom stereocenters. The highest BCUT2D eigenvalue weighted by atomic mass is 19.1. The standard InChI is InChI=1S/C64H72F2N6O14/c1-33-16-15-17-34(2)61(80)70-52-43(32-67-72-27-25-71(26-28-72)47-23-22-41(65)31-45(47)68-63(82)46(30-40-18-11-10-12-19-40)69-62(81)42-20-13-14-21-44(42)66)56(77)49-50(57(52)78)55(76)38(6)59-51(49)60(79)64(8,86-59)84-29-24-48(83-9)35(3)58(85-39(7)73)37(5)54(75)36(4)53(33)74/h10-24,29,31-33,35-37,46,48,53-54,58,74-78H,25-28,30H2,1-9H3,(H,68,82)(H,69,81)(H,70,80)/b16-15+,29-24+,34-17-,67-32+/t33-,35+,36+,37+,46?,48-,53-,54+,58+,64-/m0/s1/i30D2. The quantitative estimate of drug-likeness (QED) is 0.0268. The predicted octanol–water partition coefficient (Wildman–Crippen LogP) is 8.17. The topological polar surface area (TPSA) is 278 Å². The minimum atomic E-state index is -2.59. The van der Waals surface area contributed by atoms with E-state index in [0.717, 1.165) is 30.7 Å². The SMILES string of the molecule is [2H]C([2H])(c1ccccc1)C(NC(=O)c1ccccc1F)C(=O)Nc1cc(F)ccc1N1CCN(/N=C/c2c3c(O)c4c(O)c(C)c5c(c4c2O)C(=O)[C@@](C)(O/C=C/[C@H](OC)[C@@H](C)[C@@H](OC(C)=O)[C@H](C)[C@H](O)[C@H](C)[C@@H](O)[C@@H](C)/C=C/C=C(/C)C(=O)N3)O5)CC1. The fourth-order valence-corrected chi connectivity index (χ4v) is 10.9. The van der Waals surface area contributed by atoms with Gasteiger partial charge >= 0.3 is 11.8 Å². The number of ketones is 1. The van der Waals surface area contributed by atoms with E-state index in [0.29, 0.717) is 5.69 Å². The van der Waals surface area contributed by atoms with Crippen molar-refractivity contribution in [2.45, 2.75) is 98.0 Å². The Morgan fingerprint density at radius 2 is 1.58 bits per heavy atom. The van der Waals surface area contributed by atoms with Crippen LogP contribution in [0.25, 0.3) is 10.8 Å². The third-order valence-corrected chi connectivity index (χ3v) is 15.9. The number of allylic oxidation sites excluding steroid dienone is 2. The van der Waals surface area contributed by atoms with E-state index >= 15 is 4.39 Å². The minimum Gasteiger partial charge on any atom is -0.507 e. The number of carbonyl (C=O) groups excluding carboxylic acids is 5. The lowest BCUT2D eigenvalue weighted by Crippen LogP contribution is -2.46. The molecule has 5 bridgehead atoms. The smallest absolute Gasteiger partial charge is 0.312 e. The van der Waals surface area contributed by atoms with Crippen molar-refractivity contribution in [1.29, 1.82) is 0 Å². The van der Waals surface area contributed by atoms with Crippen molar-refractivity contribution in [1.82, 2.24) is 10.3 Å². The zero-order valence-corrected chi connectivity index (χ0v) is 48.9. The molecule has 5 aromatic rings. The van der Waals surface area contributed by atoms with Gasteiger partial charge in [0, 0.05) is 83.4 Å². The Hall–Kier alpha value is -8.86. The van der Waals surface area contributed by atoms with Crippen molar-refractivity contribution in [3.8, 4) is 23.0 Å². The van der Waals surface area contributed by atoms with E-state index in [1.807, 2.05) is 0 Å². The van der Waals surface area contributed by atoms with Crippen LogP contribution in [0.3, 0.4) is 0 Å². The molecule has 3 amide bonds. The van der Waals surface area contributed by atoms with Crippen LogP contribution in [0.1, 0.15) is 88.6 Å². The second kappa shape index (κ2) is 26.6. The number of hydrogen-bond donors (Lipinski definition) is 8. The number of rotatable bonds is 11. The highest BCUT2D eigenvalue weighted by molar-refractivity contribution is 6.24. The first-order chi connectivity index (χ1) is 41.6. The minimum absolute atomic E-state index is 0.0138. The Morgan fingerprint density at radius 1 is 0.895 bits per heavy atom. The lowest BCUT2D eigenvalue weighted by atomic mass is 9.78. The number of esters is 1. The Kier molecular flexibility index (Phi) is 18.6. The number of methoxy groups -OCH3 is 1. The molecule has 1 saturated heterocycles. The first-order valence-electron chi connectivity index (χ1n) is 28.9. The Bertz CT molecular complexity index is 3630. The van der Waals surface area contributed by atoms with E-state index in [2.05, 4.69) is 21.1 Å². The molecular weight excluding hydrogens is 1110 g/mol. The monoisotopic (exact) mass is 1190 g/mol. The van der Waals surface area contributed by atoms with Gasteiger partial charge in [0.1, 0.15) is 41.0 Å². The van der Waals surface area contributed by atoms with Crippen LogP contribution in [-0.4, -0.2) is 136 Å². The van der Waals surface area contributed by atoms with Gasteiger partial charge in [-0.2, -0.15) is 5.10 Å². The summed E-state index contributed by atoms with van der Waals surface area (Å²) in [5.41, 5.74) is -1.25. The largest absolute Gasteiger partial charge is 0.507 e. The number of amides is 3. The van der Waals surface area contributed by atoms with E-state index in [1.54, 1.807) is 61.9 Å². The summed E-state index contributed by atoms with van der Waals surface area (Å²) in [5.74, 6) is -13.4. The number of nitrogens with one attached hydrogen (secondary N) is 3. The van der Waals surface area contributed by atoms with Gasteiger partial charge in [-0.1, -0.05) is 88.4 Å². The number of aromatic hydroxyl groups is 3. The van der Waals surface area contributed by atoms with Crippen molar-refractivity contribution in [3.63, 3.8) is 0 Å².